The number of para-hydroxylation sites is 1. The third-order valence-electron chi connectivity index (χ3n) is 2.97. The van der Waals surface area contributed by atoms with Gasteiger partial charge in [-0.2, -0.15) is 10.1 Å². The molecule has 1 aromatic heterocycles. The van der Waals surface area contributed by atoms with Gasteiger partial charge >= 0.3 is 0 Å². The Morgan fingerprint density at radius 3 is 2.75 bits per heavy atom. The van der Waals surface area contributed by atoms with E-state index in [9.17, 15) is 0 Å². The molecule has 1 aromatic carbocycles. The summed E-state index contributed by atoms with van der Waals surface area (Å²) < 4.78 is 0. The molecule has 0 spiro atoms. The van der Waals surface area contributed by atoms with E-state index in [4.69, 9.17) is 0 Å². The van der Waals surface area contributed by atoms with Crippen LogP contribution < -0.4 is 10.6 Å². The summed E-state index contributed by atoms with van der Waals surface area (Å²) in [7, 11) is 0. The molecule has 0 bridgehead atoms. The van der Waals surface area contributed by atoms with Gasteiger partial charge in [0.2, 0.25) is 5.95 Å². The molecule has 0 aliphatic carbocycles. The average molecular weight is 271 g/mol. The highest BCUT2D eigenvalue weighted by atomic mass is 15.3. The predicted octanol–water partition coefficient (Wildman–Crippen LogP) is 3.38. The lowest BCUT2D eigenvalue weighted by atomic mass is 10.1. The second-order valence-corrected chi connectivity index (χ2v) is 5.21. The van der Waals surface area contributed by atoms with Gasteiger partial charge in [0.15, 0.2) is 5.82 Å². The van der Waals surface area contributed by atoms with Gasteiger partial charge in [-0.15, -0.1) is 5.10 Å². The number of aryl methyl sites for hydroxylation is 1. The van der Waals surface area contributed by atoms with Crippen molar-refractivity contribution < 1.29 is 0 Å². The van der Waals surface area contributed by atoms with E-state index in [1.165, 1.54) is 5.56 Å². The smallest absolute Gasteiger partial charge is 0.244 e. The van der Waals surface area contributed by atoms with Crippen LogP contribution in [0.25, 0.3) is 0 Å². The van der Waals surface area contributed by atoms with Crippen molar-refractivity contribution in [1.82, 2.24) is 15.2 Å². The average Bonchev–Trinajstić information content (AvgIpc) is 2.41. The van der Waals surface area contributed by atoms with Crippen LogP contribution in [-0.4, -0.2) is 21.7 Å². The summed E-state index contributed by atoms with van der Waals surface area (Å²) in [6.45, 7) is 7.29. The number of nitrogens with zero attached hydrogens (tertiary/aromatic N) is 3. The van der Waals surface area contributed by atoms with Gasteiger partial charge < -0.3 is 10.6 Å². The molecule has 5 heteroatoms. The summed E-state index contributed by atoms with van der Waals surface area (Å²) in [5, 5.41) is 14.4. The summed E-state index contributed by atoms with van der Waals surface area (Å²) in [5.74, 6) is 1.91. The van der Waals surface area contributed by atoms with Crippen molar-refractivity contribution in [2.45, 2.75) is 27.2 Å². The molecule has 2 N–H and O–H groups in total. The van der Waals surface area contributed by atoms with E-state index < -0.39 is 0 Å². The monoisotopic (exact) mass is 271 g/mol. The molecule has 0 radical (unpaired) electrons. The van der Waals surface area contributed by atoms with Gasteiger partial charge in [-0.25, -0.2) is 0 Å². The van der Waals surface area contributed by atoms with Crippen molar-refractivity contribution in [2.24, 2.45) is 5.92 Å². The highest BCUT2D eigenvalue weighted by Gasteiger charge is 2.03. The van der Waals surface area contributed by atoms with Crippen LogP contribution in [0, 0.1) is 12.8 Å². The van der Waals surface area contributed by atoms with Gasteiger partial charge in [-0.3, -0.25) is 0 Å². The maximum Gasteiger partial charge on any atom is 0.244 e. The third-order valence-corrected chi connectivity index (χ3v) is 2.97. The first-order chi connectivity index (χ1) is 9.65. The zero-order chi connectivity index (χ0) is 14.4. The summed E-state index contributed by atoms with van der Waals surface area (Å²) >= 11 is 0. The lowest BCUT2D eigenvalue weighted by molar-refractivity contribution is 0.605. The maximum absolute atomic E-state index is 4.41. The van der Waals surface area contributed by atoms with Gasteiger partial charge in [-0.05, 0) is 30.9 Å². The van der Waals surface area contributed by atoms with E-state index in [-0.39, 0.29) is 0 Å². The zero-order valence-corrected chi connectivity index (χ0v) is 12.2. The van der Waals surface area contributed by atoms with E-state index >= 15 is 0 Å². The second kappa shape index (κ2) is 6.84. The number of aromatic nitrogens is 3. The Balaban J connectivity index is 2.01. The van der Waals surface area contributed by atoms with Crippen LogP contribution >= 0.6 is 0 Å². The molecule has 20 heavy (non-hydrogen) atoms. The highest BCUT2D eigenvalue weighted by Crippen LogP contribution is 2.18. The summed E-state index contributed by atoms with van der Waals surface area (Å²) in [4.78, 5) is 4.41. The van der Waals surface area contributed by atoms with Gasteiger partial charge in [0.05, 0.1) is 6.20 Å². The molecule has 1 heterocycles. The maximum atomic E-state index is 4.41. The molecule has 5 nitrogen and oxygen atoms in total. The Hall–Kier alpha value is -2.17. The first kappa shape index (κ1) is 14.2. The molecule has 0 saturated carbocycles. The van der Waals surface area contributed by atoms with Crippen molar-refractivity contribution in [3.63, 3.8) is 0 Å². The first-order valence-electron chi connectivity index (χ1n) is 6.91. The minimum absolute atomic E-state index is 0.559. The van der Waals surface area contributed by atoms with E-state index in [0.29, 0.717) is 17.7 Å². The number of hydrogen-bond donors (Lipinski definition) is 2. The fourth-order valence-electron chi connectivity index (χ4n) is 1.76. The molecule has 0 atom stereocenters. The number of benzene rings is 1. The molecule has 2 aromatic rings. The van der Waals surface area contributed by atoms with Crippen molar-refractivity contribution in [2.75, 3.05) is 17.2 Å². The molecular formula is C15H21N5. The lowest BCUT2D eigenvalue weighted by Gasteiger charge is -2.10. The van der Waals surface area contributed by atoms with Crippen molar-refractivity contribution in [3.05, 3.63) is 36.0 Å². The van der Waals surface area contributed by atoms with Crippen molar-refractivity contribution >= 4 is 17.5 Å². The topological polar surface area (TPSA) is 62.7 Å². The van der Waals surface area contributed by atoms with Gasteiger partial charge in [-0.1, -0.05) is 32.0 Å². The Kier molecular flexibility index (Phi) is 4.87. The SMILES string of the molecule is Cc1ccccc1Nc1cnnc(NCCC(C)C)n1. The number of hydrogen-bond acceptors (Lipinski definition) is 5. The Labute approximate surface area is 119 Å². The molecule has 0 amide bonds. The van der Waals surface area contributed by atoms with Crippen LogP contribution in [0.1, 0.15) is 25.8 Å². The summed E-state index contributed by atoms with van der Waals surface area (Å²) in [6.07, 6.45) is 2.71. The third kappa shape index (κ3) is 4.19. The second-order valence-electron chi connectivity index (χ2n) is 5.21. The zero-order valence-electron chi connectivity index (χ0n) is 12.2. The van der Waals surface area contributed by atoms with E-state index in [1.807, 2.05) is 18.2 Å². The van der Waals surface area contributed by atoms with Crippen molar-refractivity contribution in [1.29, 1.82) is 0 Å². The fraction of sp³-hybridized carbons (Fsp3) is 0.400. The first-order valence-corrected chi connectivity index (χ1v) is 6.91. The highest BCUT2D eigenvalue weighted by molar-refractivity contribution is 5.59. The standard InChI is InChI=1S/C15H21N5/c1-11(2)8-9-16-15-19-14(10-17-20-15)18-13-7-5-4-6-12(13)3/h4-7,10-11H,8-9H2,1-3H3,(H2,16,18,19,20). The normalized spacial score (nSPS) is 10.6. The molecule has 0 fully saturated rings. The number of nitrogens with one attached hydrogen (secondary N) is 2. The van der Waals surface area contributed by atoms with Crippen LogP contribution in [0.3, 0.4) is 0 Å². The molecular weight excluding hydrogens is 250 g/mol. The summed E-state index contributed by atoms with van der Waals surface area (Å²) in [6, 6.07) is 8.07. The van der Waals surface area contributed by atoms with Crippen molar-refractivity contribution in [3.8, 4) is 0 Å². The molecule has 0 unspecified atom stereocenters. The molecule has 106 valence electrons. The van der Waals surface area contributed by atoms with Crippen LogP contribution in [0.4, 0.5) is 17.5 Å². The van der Waals surface area contributed by atoms with Gasteiger partial charge in [0, 0.05) is 12.2 Å². The molecule has 0 aliphatic rings. The van der Waals surface area contributed by atoms with Crippen LogP contribution in [-0.2, 0) is 0 Å². The van der Waals surface area contributed by atoms with E-state index in [0.717, 1.165) is 18.7 Å². The fourth-order valence-corrected chi connectivity index (χ4v) is 1.76. The molecule has 2 rings (SSSR count). The lowest BCUT2D eigenvalue weighted by Crippen LogP contribution is -2.09. The molecule has 0 saturated heterocycles. The predicted molar refractivity (Wildman–Crippen MR) is 82.2 cm³/mol. The number of rotatable bonds is 6. The Morgan fingerprint density at radius 2 is 2.00 bits per heavy atom. The van der Waals surface area contributed by atoms with E-state index in [2.05, 4.69) is 52.7 Å². The minimum atomic E-state index is 0.559. The quantitative estimate of drug-likeness (QED) is 0.843. The Bertz CT molecular complexity index is 553. The molecule has 0 aliphatic heterocycles. The van der Waals surface area contributed by atoms with E-state index in [1.54, 1.807) is 6.20 Å². The largest absolute Gasteiger partial charge is 0.353 e. The van der Waals surface area contributed by atoms with Gasteiger partial charge in [0.25, 0.3) is 0 Å². The Morgan fingerprint density at radius 1 is 1.20 bits per heavy atom. The minimum Gasteiger partial charge on any atom is -0.353 e. The van der Waals surface area contributed by atoms with Crippen LogP contribution in [0.15, 0.2) is 30.5 Å². The van der Waals surface area contributed by atoms with Crippen LogP contribution in [0.5, 0.6) is 0 Å². The summed E-state index contributed by atoms with van der Waals surface area (Å²) in [5.41, 5.74) is 2.20. The van der Waals surface area contributed by atoms with Crippen LogP contribution in [0.2, 0.25) is 0 Å². The van der Waals surface area contributed by atoms with Gasteiger partial charge in [0.1, 0.15) is 0 Å². The number of anilines is 3.